The number of rotatable bonds is 7. The maximum Gasteiger partial charge on any atom is 0.435 e. The van der Waals surface area contributed by atoms with Crippen LogP contribution >= 0.6 is 11.3 Å². The average Bonchev–Trinajstić information content (AvgIpc) is 3.51. The molecule has 1 aliphatic heterocycles. The Hall–Kier alpha value is -3.63. The highest BCUT2D eigenvalue weighted by Gasteiger charge is 2.36. The van der Waals surface area contributed by atoms with E-state index in [0.29, 0.717) is 11.5 Å². The minimum absolute atomic E-state index is 0.631. The lowest BCUT2D eigenvalue weighted by Gasteiger charge is -2.16. The van der Waals surface area contributed by atoms with Crippen molar-refractivity contribution in [1.29, 1.82) is 0 Å². The van der Waals surface area contributed by atoms with Gasteiger partial charge in [-0.2, -0.15) is 13.2 Å². The second kappa shape index (κ2) is 9.55. The van der Waals surface area contributed by atoms with E-state index in [4.69, 9.17) is 9.40 Å². The second-order valence-electron chi connectivity index (χ2n) is 8.20. The van der Waals surface area contributed by atoms with Crippen LogP contribution < -0.4 is 16.2 Å². The summed E-state index contributed by atoms with van der Waals surface area (Å²) >= 11 is 1.64. The standard InChI is InChI=1S/C25H22F3N5OS/c1-15-13-19-23(30-22(31-24(19)35-15)18-10-12-34-14-18)29-11-2-3-16-4-6-17(7-5-16)20-8-9-21(33-32-20)25(26,27)28/h4-10,12-14,32-33H,2-3,11H2,1H3,(H,29,30,31)/p+1. The van der Waals surface area contributed by atoms with E-state index in [2.05, 4.69) is 28.7 Å². The van der Waals surface area contributed by atoms with Crippen molar-refractivity contribution >= 4 is 33.1 Å². The number of thiophene rings is 1. The molecule has 6 nitrogen and oxygen atoms in total. The predicted molar refractivity (Wildman–Crippen MR) is 130 cm³/mol. The number of nitrogens with zero attached hydrogens (tertiary/aromatic N) is 2. The molecule has 0 bridgehead atoms. The fourth-order valence-corrected chi connectivity index (χ4v) is 4.72. The van der Waals surface area contributed by atoms with Crippen molar-refractivity contribution < 1.29 is 23.0 Å². The van der Waals surface area contributed by atoms with Crippen molar-refractivity contribution in [3.63, 3.8) is 0 Å². The van der Waals surface area contributed by atoms with Crippen molar-refractivity contribution in [2.75, 3.05) is 11.9 Å². The van der Waals surface area contributed by atoms with Gasteiger partial charge < -0.3 is 9.73 Å². The molecular formula is C25H23F3N5OS+. The lowest BCUT2D eigenvalue weighted by atomic mass is 10.0. The molecule has 35 heavy (non-hydrogen) atoms. The maximum atomic E-state index is 12.7. The molecule has 0 saturated heterocycles. The fraction of sp³-hybridized carbons (Fsp3) is 0.200. The smallest absolute Gasteiger partial charge is 0.435 e. The van der Waals surface area contributed by atoms with E-state index in [0.717, 1.165) is 58.2 Å². The summed E-state index contributed by atoms with van der Waals surface area (Å²) in [6, 6.07) is 11.8. The molecule has 0 unspecified atom stereocenters. The normalized spacial score (nSPS) is 13.9. The van der Waals surface area contributed by atoms with Crippen LogP contribution in [0.4, 0.5) is 19.0 Å². The van der Waals surface area contributed by atoms with E-state index < -0.39 is 11.9 Å². The molecule has 0 amide bonds. The van der Waals surface area contributed by atoms with Gasteiger partial charge in [0.15, 0.2) is 17.2 Å². The Labute approximate surface area is 203 Å². The Morgan fingerprint density at radius 2 is 1.91 bits per heavy atom. The number of allylic oxidation sites excluding steroid dienone is 3. The molecule has 3 aromatic heterocycles. The summed E-state index contributed by atoms with van der Waals surface area (Å²) in [5.41, 5.74) is 6.51. The van der Waals surface area contributed by atoms with E-state index in [9.17, 15) is 13.2 Å². The molecule has 4 aromatic rings. The van der Waals surface area contributed by atoms with E-state index in [1.54, 1.807) is 23.9 Å². The number of aromatic nitrogens is 2. The highest BCUT2D eigenvalue weighted by Crippen LogP contribution is 2.31. The number of halogens is 3. The van der Waals surface area contributed by atoms with Crippen LogP contribution in [0, 0.1) is 6.92 Å². The minimum atomic E-state index is -4.38. The van der Waals surface area contributed by atoms with Gasteiger partial charge >= 0.3 is 6.18 Å². The van der Waals surface area contributed by atoms with Gasteiger partial charge in [-0.1, -0.05) is 12.1 Å². The van der Waals surface area contributed by atoms with Crippen molar-refractivity contribution in [3.8, 4) is 11.4 Å². The quantitative estimate of drug-likeness (QED) is 0.242. The van der Waals surface area contributed by atoms with Gasteiger partial charge in [0.2, 0.25) is 0 Å². The number of nitrogens with two attached hydrogens (primary N) is 1. The zero-order valence-electron chi connectivity index (χ0n) is 18.8. The van der Waals surface area contributed by atoms with Crippen molar-refractivity contribution in [1.82, 2.24) is 15.4 Å². The van der Waals surface area contributed by atoms with Gasteiger partial charge in [0.1, 0.15) is 16.9 Å². The molecule has 1 aliphatic rings. The molecule has 4 heterocycles. The minimum Gasteiger partial charge on any atom is -0.472 e. The molecule has 4 N–H and O–H groups in total. The van der Waals surface area contributed by atoms with Gasteiger partial charge in [-0.3, -0.25) is 0 Å². The van der Waals surface area contributed by atoms with Crippen LogP contribution in [0.15, 0.2) is 71.2 Å². The third-order valence-electron chi connectivity index (χ3n) is 5.64. The van der Waals surface area contributed by atoms with Crippen LogP contribution in [0.2, 0.25) is 0 Å². The largest absolute Gasteiger partial charge is 0.472 e. The van der Waals surface area contributed by atoms with E-state index >= 15 is 0 Å². The van der Waals surface area contributed by atoms with Gasteiger partial charge in [-0.25, -0.2) is 20.8 Å². The van der Waals surface area contributed by atoms with Crippen LogP contribution in [0.3, 0.4) is 0 Å². The third-order valence-corrected chi connectivity index (χ3v) is 6.58. The lowest BCUT2D eigenvalue weighted by Crippen LogP contribution is -2.91. The predicted octanol–water partition coefficient (Wildman–Crippen LogP) is 5.17. The van der Waals surface area contributed by atoms with Crippen LogP contribution in [0.1, 0.15) is 22.4 Å². The van der Waals surface area contributed by atoms with Crippen molar-refractivity contribution in [2.24, 2.45) is 0 Å². The number of nitrogens with one attached hydrogen (secondary N) is 2. The number of furan rings is 1. The first-order valence-corrected chi connectivity index (χ1v) is 11.9. The Bertz CT molecular complexity index is 1390. The second-order valence-corrected chi connectivity index (χ2v) is 9.43. The topological polar surface area (TPSA) is 79.6 Å². The molecule has 5 rings (SSSR count). The Balaban J connectivity index is 1.21. The van der Waals surface area contributed by atoms with E-state index in [1.807, 2.05) is 30.3 Å². The van der Waals surface area contributed by atoms with Crippen LogP contribution in [0.5, 0.6) is 0 Å². The maximum absolute atomic E-state index is 12.7. The number of anilines is 1. The summed E-state index contributed by atoms with van der Waals surface area (Å²) in [5.74, 6) is 1.44. The van der Waals surface area contributed by atoms with Gasteiger partial charge in [-0.05, 0) is 55.7 Å². The van der Waals surface area contributed by atoms with Crippen LogP contribution in [-0.4, -0.2) is 22.7 Å². The first kappa shape index (κ1) is 23.1. The number of hydrogen-bond donors (Lipinski definition) is 3. The van der Waals surface area contributed by atoms with Gasteiger partial charge in [0, 0.05) is 23.1 Å². The molecule has 0 spiro atoms. The first-order chi connectivity index (χ1) is 16.9. The summed E-state index contributed by atoms with van der Waals surface area (Å²) in [5, 5.41) is 4.47. The molecule has 0 aliphatic carbocycles. The van der Waals surface area contributed by atoms with Crippen molar-refractivity contribution in [3.05, 3.63) is 82.8 Å². The number of fused-ring (bicyclic) bond motifs is 1. The molecule has 0 atom stereocenters. The number of alkyl halides is 3. The summed E-state index contributed by atoms with van der Waals surface area (Å²) < 4.78 is 43.4. The van der Waals surface area contributed by atoms with Crippen LogP contribution in [0.25, 0.3) is 27.3 Å². The molecule has 10 heteroatoms. The molecule has 0 saturated carbocycles. The SMILES string of the molecule is Cc1cc2c(NCCCc3ccc(C4=CC=C(C(F)(F)F)N[NH2+]4)cc3)nc(-c3ccoc3)nc2s1. The Morgan fingerprint density at radius 3 is 2.60 bits per heavy atom. The zero-order chi connectivity index (χ0) is 24.4. The number of benzene rings is 1. The summed E-state index contributed by atoms with van der Waals surface area (Å²) in [6.07, 6.45) is 3.16. The molecule has 1 aromatic carbocycles. The summed E-state index contributed by atoms with van der Waals surface area (Å²) in [4.78, 5) is 11.5. The Morgan fingerprint density at radius 1 is 1.09 bits per heavy atom. The highest BCUT2D eigenvalue weighted by molar-refractivity contribution is 7.18. The molecule has 0 radical (unpaired) electrons. The monoisotopic (exact) mass is 498 g/mol. The number of hydrogen-bond acceptors (Lipinski definition) is 6. The lowest BCUT2D eigenvalue weighted by molar-refractivity contribution is -0.622. The average molecular weight is 499 g/mol. The van der Waals surface area contributed by atoms with E-state index in [1.165, 1.54) is 16.4 Å². The van der Waals surface area contributed by atoms with Gasteiger partial charge in [0.25, 0.3) is 0 Å². The summed E-state index contributed by atoms with van der Waals surface area (Å²) in [6.45, 7) is 2.79. The summed E-state index contributed by atoms with van der Waals surface area (Å²) in [7, 11) is 0. The molecular weight excluding hydrogens is 475 g/mol. The number of quaternary nitrogens is 1. The molecule has 0 fully saturated rings. The van der Waals surface area contributed by atoms with Gasteiger partial charge in [0.05, 0.1) is 17.2 Å². The van der Waals surface area contributed by atoms with E-state index in [-0.39, 0.29) is 0 Å². The number of aryl methyl sites for hydroxylation is 2. The molecule has 180 valence electrons. The zero-order valence-corrected chi connectivity index (χ0v) is 19.6. The first-order valence-electron chi connectivity index (χ1n) is 11.1. The highest BCUT2D eigenvalue weighted by atomic mass is 32.1. The Kier molecular flexibility index (Phi) is 6.31. The third kappa shape index (κ3) is 5.23. The fourth-order valence-electron chi connectivity index (χ4n) is 3.84. The van der Waals surface area contributed by atoms with Crippen LogP contribution in [-0.2, 0) is 6.42 Å². The van der Waals surface area contributed by atoms with Gasteiger partial charge in [-0.15, -0.1) is 11.3 Å². The van der Waals surface area contributed by atoms with Crippen molar-refractivity contribution in [2.45, 2.75) is 25.9 Å².